The molecule has 1 atom stereocenters. The summed E-state index contributed by atoms with van der Waals surface area (Å²) in [4.78, 5) is 33.4. The van der Waals surface area contributed by atoms with Gasteiger partial charge < -0.3 is 19.7 Å². The molecule has 1 aliphatic heterocycles. The van der Waals surface area contributed by atoms with Gasteiger partial charge in [-0.3, -0.25) is 14.5 Å². The molecule has 8 nitrogen and oxygen atoms in total. The molecule has 0 aliphatic carbocycles. The second-order valence-electron chi connectivity index (χ2n) is 8.03. The first-order valence-corrected chi connectivity index (χ1v) is 11.6. The maximum Gasteiger partial charge on any atom is 0.269 e. The lowest BCUT2D eigenvalue weighted by molar-refractivity contribution is -0.119. The van der Waals surface area contributed by atoms with Crippen LogP contribution in [-0.4, -0.2) is 60.2 Å². The molecule has 4 rings (SSSR count). The normalized spacial score (nSPS) is 15.2. The first-order chi connectivity index (χ1) is 17.4. The molecule has 0 radical (unpaired) electrons. The SMILES string of the molecule is COc1ccc(CCN2C(=S)N(c3ccc(F)cc3)C(=O)C2CNC(=O)c2ccc(OC)cn2)cc1. The standard InChI is InChI=1S/C26H25FN4O4S/c1-34-20-9-3-17(4-10-20)13-14-30-23(16-29-24(32)22-12-11-21(35-2)15-28-22)25(33)31(26(30)36)19-7-5-18(27)6-8-19/h3-12,15,23H,13-14,16H2,1-2H3,(H,29,32). The second kappa shape index (κ2) is 11.1. The molecule has 0 bridgehead atoms. The van der Waals surface area contributed by atoms with Crippen molar-refractivity contribution < 1.29 is 23.5 Å². The Hall–Kier alpha value is -4.05. The minimum Gasteiger partial charge on any atom is -0.497 e. The number of nitrogens with zero attached hydrogens (tertiary/aromatic N) is 3. The fraction of sp³-hybridized carbons (Fsp3) is 0.231. The van der Waals surface area contributed by atoms with E-state index in [4.69, 9.17) is 21.7 Å². The van der Waals surface area contributed by atoms with E-state index in [1.807, 2.05) is 24.3 Å². The maximum absolute atomic E-state index is 13.5. The molecule has 1 unspecified atom stereocenters. The Kier molecular flexibility index (Phi) is 7.74. The Bertz CT molecular complexity index is 1240. The van der Waals surface area contributed by atoms with Crippen LogP contribution in [0.15, 0.2) is 66.9 Å². The fourth-order valence-electron chi connectivity index (χ4n) is 3.87. The Morgan fingerprint density at radius 3 is 2.31 bits per heavy atom. The van der Waals surface area contributed by atoms with E-state index in [1.54, 1.807) is 24.1 Å². The molecule has 2 amide bonds. The summed E-state index contributed by atoms with van der Waals surface area (Å²) in [7, 11) is 3.12. The minimum absolute atomic E-state index is 0.0197. The fourth-order valence-corrected chi connectivity index (χ4v) is 4.29. The number of aromatic nitrogens is 1. The molecule has 2 aromatic carbocycles. The molecule has 186 valence electrons. The van der Waals surface area contributed by atoms with Crippen LogP contribution in [0.2, 0.25) is 0 Å². The third-order valence-corrected chi connectivity index (χ3v) is 6.28. The zero-order valence-corrected chi connectivity index (χ0v) is 20.6. The van der Waals surface area contributed by atoms with Crippen LogP contribution in [0, 0.1) is 5.82 Å². The topological polar surface area (TPSA) is 84.0 Å². The summed E-state index contributed by atoms with van der Waals surface area (Å²) in [5.41, 5.74) is 1.70. The number of rotatable bonds is 9. The number of thiocarbonyl (C=S) groups is 1. The van der Waals surface area contributed by atoms with E-state index in [0.29, 0.717) is 29.5 Å². The van der Waals surface area contributed by atoms with Crippen LogP contribution in [0.1, 0.15) is 16.1 Å². The Balaban J connectivity index is 1.52. The Morgan fingerprint density at radius 2 is 1.69 bits per heavy atom. The predicted molar refractivity (Wildman–Crippen MR) is 137 cm³/mol. The zero-order valence-electron chi connectivity index (χ0n) is 19.8. The van der Waals surface area contributed by atoms with Crippen LogP contribution >= 0.6 is 12.2 Å². The molecule has 10 heteroatoms. The summed E-state index contributed by atoms with van der Waals surface area (Å²) in [5, 5.41) is 3.08. The van der Waals surface area contributed by atoms with Gasteiger partial charge in [0.25, 0.3) is 11.8 Å². The number of carbonyl (C=O) groups is 2. The number of hydrogen-bond donors (Lipinski definition) is 1. The van der Waals surface area contributed by atoms with Gasteiger partial charge in [0, 0.05) is 13.1 Å². The lowest BCUT2D eigenvalue weighted by atomic mass is 10.1. The highest BCUT2D eigenvalue weighted by Crippen LogP contribution is 2.26. The lowest BCUT2D eigenvalue weighted by Gasteiger charge is -2.24. The minimum atomic E-state index is -0.733. The Labute approximate surface area is 213 Å². The van der Waals surface area contributed by atoms with Gasteiger partial charge >= 0.3 is 0 Å². The van der Waals surface area contributed by atoms with Crippen LogP contribution in [-0.2, 0) is 11.2 Å². The zero-order chi connectivity index (χ0) is 25.7. The monoisotopic (exact) mass is 508 g/mol. The molecule has 1 saturated heterocycles. The van der Waals surface area contributed by atoms with Crippen molar-refractivity contribution in [1.29, 1.82) is 0 Å². The number of carbonyl (C=O) groups excluding carboxylic acids is 2. The number of methoxy groups -OCH3 is 2. The number of nitrogens with one attached hydrogen (secondary N) is 1. The van der Waals surface area contributed by atoms with Crippen LogP contribution in [0.3, 0.4) is 0 Å². The van der Waals surface area contributed by atoms with Gasteiger partial charge in [0.2, 0.25) is 0 Å². The average Bonchev–Trinajstić information content (AvgIpc) is 3.15. The second-order valence-corrected chi connectivity index (χ2v) is 8.40. The molecule has 1 aromatic heterocycles. The number of ether oxygens (including phenoxy) is 2. The van der Waals surface area contributed by atoms with E-state index >= 15 is 0 Å². The van der Waals surface area contributed by atoms with E-state index in [1.165, 1.54) is 42.5 Å². The highest BCUT2D eigenvalue weighted by Gasteiger charge is 2.43. The number of halogens is 1. The van der Waals surface area contributed by atoms with E-state index in [0.717, 1.165) is 11.3 Å². The molecule has 0 saturated carbocycles. The molecular formula is C26H25FN4O4S. The number of amides is 2. The lowest BCUT2D eigenvalue weighted by Crippen LogP contribution is -2.45. The van der Waals surface area contributed by atoms with E-state index in [2.05, 4.69) is 10.3 Å². The maximum atomic E-state index is 13.5. The van der Waals surface area contributed by atoms with Crippen LogP contribution < -0.4 is 19.7 Å². The predicted octanol–water partition coefficient (Wildman–Crippen LogP) is 3.21. The largest absolute Gasteiger partial charge is 0.497 e. The number of hydrogen-bond acceptors (Lipinski definition) is 6. The first kappa shape index (κ1) is 25.1. The van der Waals surface area contributed by atoms with Crippen molar-refractivity contribution in [2.24, 2.45) is 0 Å². The molecule has 36 heavy (non-hydrogen) atoms. The highest BCUT2D eigenvalue weighted by molar-refractivity contribution is 7.80. The van der Waals surface area contributed by atoms with E-state index in [-0.39, 0.29) is 18.1 Å². The first-order valence-electron chi connectivity index (χ1n) is 11.2. The summed E-state index contributed by atoms with van der Waals surface area (Å²) in [5.74, 6) is 0.142. The third kappa shape index (κ3) is 5.44. The van der Waals surface area contributed by atoms with E-state index < -0.39 is 17.8 Å². The molecule has 1 aliphatic rings. The van der Waals surface area contributed by atoms with Crippen LogP contribution in [0.5, 0.6) is 11.5 Å². The Morgan fingerprint density at radius 1 is 1.03 bits per heavy atom. The van der Waals surface area contributed by atoms with Gasteiger partial charge in [0.15, 0.2) is 5.11 Å². The smallest absolute Gasteiger partial charge is 0.269 e. The van der Waals surface area contributed by atoms with Crippen LogP contribution in [0.4, 0.5) is 10.1 Å². The van der Waals surface area contributed by atoms with Crippen molar-refractivity contribution in [2.75, 3.05) is 32.2 Å². The molecule has 1 N–H and O–H groups in total. The van der Waals surface area contributed by atoms with E-state index in [9.17, 15) is 14.0 Å². The van der Waals surface area contributed by atoms with Crippen molar-refractivity contribution in [3.05, 3.63) is 83.9 Å². The van der Waals surface area contributed by atoms with Gasteiger partial charge in [-0.2, -0.15) is 0 Å². The quantitative estimate of drug-likeness (QED) is 0.445. The van der Waals surface area contributed by atoms with Crippen molar-refractivity contribution in [3.63, 3.8) is 0 Å². The van der Waals surface area contributed by atoms with Crippen molar-refractivity contribution in [1.82, 2.24) is 15.2 Å². The summed E-state index contributed by atoms with van der Waals surface area (Å²) >= 11 is 5.67. The van der Waals surface area contributed by atoms with Crippen molar-refractivity contribution in [3.8, 4) is 11.5 Å². The molecule has 2 heterocycles. The van der Waals surface area contributed by atoms with Gasteiger partial charge in [-0.1, -0.05) is 12.1 Å². The molecule has 3 aromatic rings. The van der Waals surface area contributed by atoms with Crippen molar-refractivity contribution >= 4 is 34.8 Å². The summed E-state index contributed by atoms with van der Waals surface area (Å²) < 4.78 is 23.8. The van der Waals surface area contributed by atoms with Crippen LogP contribution in [0.25, 0.3) is 0 Å². The summed E-state index contributed by atoms with van der Waals surface area (Å²) in [6.45, 7) is 0.460. The molecular weight excluding hydrogens is 483 g/mol. The van der Waals surface area contributed by atoms with Crippen molar-refractivity contribution in [2.45, 2.75) is 12.5 Å². The van der Waals surface area contributed by atoms with Gasteiger partial charge in [0.1, 0.15) is 29.1 Å². The van der Waals surface area contributed by atoms with Gasteiger partial charge in [-0.05, 0) is 72.7 Å². The molecule has 1 fully saturated rings. The summed E-state index contributed by atoms with van der Waals surface area (Å²) in [6, 6.07) is 15.6. The van der Waals surface area contributed by atoms with Gasteiger partial charge in [0.05, 0.1) is 26.1 Å². The highest BCUT2D eigenvalue weighted by atomic mass is 32.1. The summed E-state index contributed by atoms with van der Waals surface area (Å²) in [6.07, 6.45) is 2.06. The average molecular weight is 509 g/mol. The molecule has 0 spiro atoms. The number of benzene rings is 2. The number of anilines is 1. The van der Waals surface area contributed by atoms with Gasteiger partial charge in [-0.25, -0.2) is 9.37 Å². The van der Waals surface area contributed by atoms with Gasteiger partial charge in [-0.15, -0.1) is 0 Å². The third-order valence-electron chi connectivity index (χ3n) is 5.86. The number of pyridine rings is 1.